The minimum atomic E-state index is -1.06. The van der Waals surface area contributed by atoms with E-state index in [1.807, 2.05) is 0 Å². The summed E-state index contributed by atoms with van der Waals surface area (Å²) < 4.78 is 9.34. The second-order valence-electron chi connectivity index (χ2n) is 5.77. The zero-order valence-corrected chi connectivity index (χ0v) is 15.8. The summed E-state index contributed by atoms with van der Waals surface area (Å²) in [4.78, 5) is 67.3. The van der Waals surface area contributed by atoms with Crippen molar-refractivity contribution < 1.29 is 38.3 Å². The number of fused-ring (bicyclic) bond motifs is 1. The molecule has 2 aliphatic heterocycles. The molecule has 1 aromatic carbocycles. The molecular formula is C17H16N2O8S. The highest BCUT2D eigenvalue weighted by Gasteiger charge is 2.47. The van der Waals surface area contributed by atoms with Crippen LogP contribution in [0.25, 0.3) is 0 Å². The number of hydrogen-bond donors (Lipinski definition) is 0. The van der Waals surface area contributed by atoms with Gasteiger partial charge in [0.05, 0.1) is 25.3 Å². The zero-order valence-electron chi connectivity index (χ0n) is 14.9. The van der Waals surface area contributed by atoms with E-state index >= 15 is 0 Å². The maximum atomic E-state index is 12.7. The Kier molecular flexibility index (Phi) is 5.66. The van der Waals surface area contributed by atoms with Gasteiger partial charge in [-0.25, -0.2) is 9.59 Å². The highest BCUT2D eigenvalue weighted by atomic mass is 32.2. The molecule has 2 heterocycles. The monoisotopic (exact) mass is 408 g/mol. The number of thioether (sulfide) groups is 1. The van der Waals surface area contributed by atoms with Gasteiger partial charge in [0.2, 0.25) is 0 Å². The van der Waals surface area contributed by atoms with Crippen molar-refractivity contribution in [1.29, 1.82) is 0 Å². The summed E-state index contributed by atoms with van der Waals surface area (Å²) in [7, 11) is 2.32. The molecule has 0 radical (unpaired) electrons. The second kappa shape index (κ2) is 7.98. The lowest BCUT2D eigenvalue weighted by atomic mass is 10.1. The van der Waals surface area contributed by atoms with Crippen LogP contribution in [0, 0.1) is 0 Å². The molecular weight excluding hydrogens is 392 g/mol. The first-order valence-electron chi connectivity index (χ1n) is 8.09. The lowest BCUT2D eigenvalue weighted by Crippen LogP contribution is -2.50. The Morgan fingerprint density at radius 2 is 1.61 bits per heavy atom. The molecule has 0 spiro atoms. The maximum Gasteiger partial charge on any atom is 0.339 e. The summed E-state index contributed by atoms with van der Waals surface area (Å²) in [6.45, 7) is -0.729. The molecule has 0 aliphatic carbocycles. The molecule has 1 aromatic rings. The van der Waals surface area contributed by atoms with E-state index in [1.54, 1.807) is 12.1 Å². The molecule has 2 atom stereocenters. The summed E-state index contributed by atoms with van der Waals surface area (Å²) in [5.74, 6) is -3.45. The van der Waals surface area contributed by atoms with Crippen molar-refractivity contribution in [1.82, 2.24) is 9.96 Å². The summed E-state index contributed by atoms with van der Waals surface area (Å²) in [5, 5.41) is -0.570. The van der Waals surface area contributed by atoms with Gasteiger partial charge >= 0.3 is 11.9 Å². The van der Waals surface area contributed by atoms with Crippen molar-refractivity contribution in [2.24, 2.45) is 0 Å². The topological polar surface area (TPSA) is 120 Å². The lowest BCUT2D eigenvalue weighted by molar-refractivity contribution is -0.163. The minimum Gasteiger partial charge on any atom is -0.467 e. The Labute approximate surface area is 163 Å². The molecule has 0 aromatic heterocycles. The van der Waals surface area contributed by atoms with Gasteiger partial charge in [-0.1, -0.05) is 12.1 Å². The number of benzene rings is 1. The van der Waals surface area contributed by atoms with Gasteiger partial charge in [-0.3, -0.25) is 19.2 Å². The number of amides is 3. The van der Waals surface area contributed by atoms with Crippen LogP contribution in [0.15, 0.2) is 24.3 Å². The Morgan fingerprint density at radius 3 is 2.14 bits per heavy atom. The summed E-state index contributed by atoms with van der Waals surface area (Å²) >= 11 is 1.04. The smallest absolute Gasteiger partial charge is 0.339 e. The number of hydrogen-bond acceptors (Lipinski definition) is 9. The summed E-state index contributed by atoms with van der Waals surface area (Å²) in [6, 6.07) is 5.12. The molecule has 2 aliphatic rings. The van der Waals surface area contributed by atoms with Crippen molar-refractivity contribution in [3.05, 3.63) is 35.4 Å². The van der Waals surface area contributed by atoms with Gasteiger partial charge in [-0.15, -0.1) is 16.8 Å². The van der Waals surface area contributed by atoms with E-state index in [0.717, 1.165) is 30.9 Å². The molecule has 0 bridgehead atoms. The molecule has 3 amide bonds. The molecule has 11 heteroatoms. The Morgan fingerprint density at radius 1 is 1.04 bits per heavy atom. The van der Waals surface area contributed by atoms with E-state index < -0.39 is 47.7 Å². The van der Waals surface area contributed by atoms with Crippen LogP contribution in [-0.4, -0.2) is 77.6 Å². The average molecular weight is 408 g/mol. The number of ether oxygens (including phenoxy) is 2. The molecule has 10 nitrogen and oxygen atoms in total. The second-order valence-corrected chi connectivity index (χ2v) is 6.89. The van der Waals surface area contributed by atoms with E-state index in [9.17, 15) is 24.0 Å². The van der Waals surface area contributed by atoms with Gasteiger partial charge in [0.25, 0.3) is 17.7 Å². The van der Waals surface area contributed by atoms with Gasteiger partial charge in [-0.2, -0.15) is 0 Å². The largest absolute Gasteiger partial charge is 0.467 e. The highest BCUT2D eigenvalue weighted by Crippen LogP contribution is 2.31. The standard InChI is InChI=1S/C17H16N2O8S/c1-25-16(23)11-8-28-15(17(24)26-2)18(11)12(20)7-27-19-13(21)9-5-3-4-6-10(9)14(19)22/h3-6,11,15H,7-8H2,1-2H3/t11-,15-/m0/s1. The number of rotatable bonds is 5. The minimum absolute atomic E-state index is 0.130. The molecule has 148 valence electrons. The number of carbonyl (C=O) groups excluding carboxylic acids is 5. The average Bonchev–Trinajstić information content (AvgIpc) is 3.26. The van der Waals surface area contributed by atoms with E-state index in [0.29, 0.717) is 5.06 Å². The summed E-state index contributed by atoms with van der Waals surface area (Å²) in [5.41, 5.74) is 0.327. The first-order chi connectivity index (χ1) is 13.4. The van der Waals surface area contributed by atoms with Crippen LogP contribution in [0.3, 0.4) is 0 Å². The number of imide groups is 1. The molecule has 3 rings (SSSR count). The fourth-order valence-electron chi connectivity index (χ4n) is 2.89. The molecule has 1 fully saturated rings. The third kappa shape index (κ3) is 3.34. The SMILES string of the molecule is COC(=O)[C@@H]1CS[C@@H](C(=O)OC)N1C(=O)CON1C(=O)c2ccccc2C1=O. The van der Waals surface area contributed by atoms with Crippen molar-refractivity contribution in [2.45, 2.75) is 11.4 Å². The van der Waals surface area contributed by atoms with Crippen LogP contribution in [0.5, 0.6) is 0 Å². The number of carbonyl (C=O) groups is 5. The van der Waals surface area contributed by atoms with Crippen LogP contribution >= 0.6 is 11.8 Å². The number of nitrogens with zero attached hydrogens (tertiary/aromatic N) is 2. The number of hydroxylamine groups is 2. The van der Waals surface area contributed by atoms with Crippen molar-refractivity contribution in [3.63, 3.8) is 0 Å². The first-order valence-corrected chi connectivity index (χ1v) is 9.14. The van der Waals surface area contributed by atoms with Crippen LogP contribution in [-0.2, 0) is 28.7 Å². The quantitative estimate of drug-likeness (QED) is 0.483. The maximum absolute atomic E-state index is 12.7. The summed E-state index contributed by atoms with van der Waals surface area (Å²) in [6.07, 6.45) is 0. The fourth-order valence-corrected chi connectivity index (χ4v) is 4.21. The zero-order chi connectivity index (χ0) is 20.4. The van der Waals surface area contributed by atoms with E-state index in [-0.39, 0.29) is 16.9 Å². The van der Waals surface area contributed by atoms with Gasteiger partial charge in [0.1, 0.15) is 6.04 Å². The number of methoxy groups -OCH3 is 2. The van der Waals surface area contributed by atoms with Gasteiger partial charge in [0, 0.05) is 5.75 Å². The van der Waals surface area contributed by atoms with Gasteiger partial charge < -0.3 is 14.4 Å². The van der Waals surface area contributed by atoms with Gasteiger partial charge in [-0.05, 0) is 12.1 Å². The molecule has 28 heavy (non-hydrogen) atoms. The normalized spacial score (nSPS) is 20.9. The van der Waals surface area contributed by atoms with E-state index in [4.69, 9.17) is 4.84 Å². The van der Waals surface area contributed by atoms with Crippen LogP contribution in [0.2, 0.25) is 0 Å². The van der Waals surface area contributed by atoms with Crippen molar-refractivity contribution in [2.75, 3.05) is 26.6 Å². The van der Waals surface area contributed by atoms with Gasteiger partial charge in [0.15, 0.2) is 12.0 Å². The highest BCUT2D eigenvalue weighted by molar-refractivity contribution is 8.00. The predicted molar refractivity (Wildman–Crippen MR) is 93.8 cm³/mol. The van der Waals surface area contributed by atoms with Crippen molar-refractivity contribution >= 4 is 41.4 Å². The van der Waals surface area contributed by atoms with Crippen LogP contribution in [0.4, 0.5) is 0 Å². The van der Waals surface area contributed by atoms with Crippen molar-refractivity contribution in [3.8, 4) is 0 Å². The molecule has 0 unspecified atom stereocenters. The fraction of sp³-hybridized carbons (Fsp3) is 0.353. The predicted octanol–water partition coefficient (Wildman–Crippen LogP) is -0.170. The number of esters is 2. The van der Waals surface area contributed by atoms with E-state index in [2.05, 4.69) is 9.47 Å². The third-order valence-corrected chi connectivity index (χ3v) is 5.48. The van der Waals surface area contributed by atoms with Crippen LogP contribution in [0.1, 0.15) is 20.7 Å². The Hall–Kier alpha value is -2.92. The van der Waals surface area contributed by atoms with Crippen LogP contribution < -0.4 is 0 Å². The molecule has 0 saturated carbocycles. The Balaban J connectivity index is 1.74. The molecule has 1 saturated heterocycles. The third-order valence-electron chi connectivity index (χ3n) is 4.24. The van der Waals surface area contributed by atoms with E-state index in [1.165, 1.54) is 12.1 Å². The first kappa shape index (κ1) is 19.8. The Bertz CT molecular complexity index is 798. The lowest BCUT2D eigenvalue weighted by Gasteiger charge is -2.26. The molecule has 0 N–H and O–H groups in total.